The monoisotopic (exact) mass is 250 g/mol. The largest absolute Gasteiger partial charge is 0.409 e. The SMILES string of the molecule is CCC(CC(N)=NO)NS(=O)(=O)NC1CC1. The summed E-state index contributed by atoms with van der Waals surface area (Å²) >= 11 is 0. The van der Waals surface area contributed by atoms with Crippen molar-refractivity contribution in [1.82, 2.24) is 9.44 Å². The molecule has 5 N–H and O–H groups in total. The molecule has 0 aliphatic heterocycles. The van der Waals surface area contributed by atoms with Crippen LogP contribution < -0.4 is 15.2 Å². The molecule has 0 aromatic rings. The average Bonchev–Trinajstić information content (AvgIpc) is 2.99. The standard InChI is InChI=1S/C8H18N4O3S/c1-2-6(5-8(9)10-13)11-16(14,15)12-7-3-4-7/h6-7,11-13H,2-5H2,1H3,(H2,9,10). The van der Waals surface area contributed by atoms with Gasteiger partial charge in [-0.1, -0.05) is 12.1 Å². The van der Waals surface area contributed by atoms with Crippen molar-refractivity contribution >= 4 is 16.0 Å². The first-order valence-electron chi connectivity index (χ1n) is 5.22. The number of nitrogens with two attached hydrogens (primary N) is 1. The lowest BCUT2D eigenvalue weighted by molar-refractivity contribution is 0.316. The molecule has 1 aliphatic carbocycles. The van der Waals surface area contributed by atoms with E-state index in [-0.39, 0.29) is 24.3 Å². The maximum Gasteiger partial charge on any atom is 0.277 e. The molecule has 1 atom stereocenters. The topological polar surface area (TPSA) is 117 Å². The van der Waals surface area contributed by atoms with Crippen molar-refractivity contribution in [3.8, 4) is 0 Å². The minimum atomic E-state index is -3.48. The minimum absolute atomic E-state index is 0.0148. The second-order valence-electron chi connectivity index (χ2n) is 3.91. The maximum atomic E-state index is 11.6. The van der Waals surface area contributed by atoms with Gasteiger partial charge in [0.05, 0.1) is 0 Å². The number of amidine groups is 1. The van der Waals surface area contributed by atoms with Crippen LogP contribution in [0.3, 0.4) is 0 Å². The molecule has 0 spiro atoms. The minimum Gasteiger partial charge on any atom is -0.409 e. The van der Waals surface area contributed by atoms with Crippen LogP contribution in [0.2, 0.25) is 0 Å². The molecule has 0 radical (unpaired) electrons. The molecule has 7 nitrogen and oxygen atoms in total. The van der Waals surface area contributed by atoms with Gasteiger partial charge in [0.15, 0.2) is 0 Å². The first kappa shape index (κ1) is 13.2. The van der Waals surface area contributed by atoms with Gasteiger partial charge in [0.1, 0.15) is 5.84 Å². The summed E-state index contributed by atoms with van der Waals surface area (Å²) in [5, 5.41) is 11.2. The molecule has 0 heterocycles. The highest BCUT2D eigenvalue weighted by atomic mass is 32.2. The van der Waals surface area contributed by atoms with E-state index in [1.807, 2.05) is 6.92 Å². The summed E-state index contributed by atoms with van der Waals surface area (Å²) < 4.78 is 28.1. The second kappa shape index (κ2) is 5.46. The smallest absolute Gasteiger partial charge is 0.277 e. The number of nitrogens with one attached hydrogen (secondary N) is 2. The lowest BCUT2D eigenvalue weighted by Gasteiger charge is -2.16. The summed E-state index contributed by atoms with van der Waals surface area (Å²) in [7, 11) is -3.48. The Balaban J connectivity index is 2.47. The van der Waals surface area contributed by atoms with Gasteiger partial charge in [0.2, 0.25) is 0 Å². The Labute approximate surface area is 95.3 Å². The predicted octanol–water partition coefficient (Wildman–Crippen LogP) is -0.512. The highest BCUT2D eigenvalue weighted by molar-refractivity contribution is 7.87. The Bertz CT molecular complexity index is 350. The molecule has 1 fully saturated rings. The van der Waals surface area contributed by atoms with Gasteiger partial charge in [-0.05, 0) is 19.3 Å². The van der Waals surface area contributed by atoms with Crippen LogP contribution in [0.15, 0.2) is 5.16 Å². The van der Waals surface area contributed by atoms with E-state index in [4.69, 9.17) is 10.9 Å². The first-order valence-corrected chi connectivity index (χ1v) is 6.71. The maximum absolute atomic E-state index is 11.6. The molecule has 1 saturated carbocycles. The van der Waals surface area contributed by atoms with E-state index in [9.17, 15) is 8.42 Å². The summed E-state index contributed by atoms with van der Waals surface area (Å²) in [4.78, 5) is 0. The van der Waals surface area contributed by atoms with E-state index >= 15 is 0 Å². The molecule has 94 valence electrons. The van der Waals surface area contributed by atoms with E-state index in [0.717, 1.165) is 12.8 Å². The Morgan fingerprint density at radius 1 is 1.62 bits per heavy atom. The molecule has 1 rings (SSSR count). The van der Waals surface area contributed by atoms with Crippen molar-refractivity contribution in [2.45, 2.75) is 44.7 Å². The summed E-state index contributed by atoms with van der Waals surface area (Å²) in [6.45, 7) is 1.83. The van der Waals surface area contributed by atoms with Crippen LogP contribution in [0, 0.1) is 0 Å². The van der Waals surface area contributed by atoms with Gasteiger partial charge in [0, 0.05) is 18.5 Å². The number of hydrogen-bond donors (Lipinski definition) is 4. The predicted molar refractivity (Wildman–Crippen MR) is 60.3 cm³/mol. The van der Waals surface area contributed by atoms with Gasteiger partial charge in [-0.2, -0.15) is 17.9 Å². The molecular weight excluding hydrogens is 232 g/mol. The van der Waals surface area contributed by atoms with Crippen molar-refractivity contribution in [3.63, 3.8) is 0 Å². The van der Waals surface area contributed by atoms with E-state index < -0.39 is 10.2 Å². The number of nitrogens with zero attached hydrogens (tertiary/aromatic N) is 1. The zero-order valence-corrected chi connectivity index (χ0v) is 10.00. The third-order valence-electron chi connectivity index (χ3n) is 2.30. The van der Waals surface area contributed by atoms with Crippen LogP contribution in [0.4, 0.5) is 0 Å². The van der Waals surface area contributed by atoms with Crippen molar-refractivity contribution in [3.05, 3.63) is 0 Å². The van der Waals surface area contributed by atoms with Crippen molar-refractivity contribution in [2.75, 3.05) is 0 Å². The fourth-order valence-corrected chi connectivity index (χ4v) is 2.67. The van der Waals surface area contributed by atoms with E-state index in [0.29, 0.717) is 6.42 Å². The zero-order valence-electron chi connectivity index (χ0n) is 9.18. The van der Waals surface area contributed by atoms with E-state index in [1.54, 1.807) is 0 Å². The Morgan fingerprint density at radius 3 is 2.69 bits per heavy atom. The van der Waals surface area contributed by atoms with Crippen LogP contribution in [-0.4, -0.2) is 31.5 Å². The quantitative estimate of drug-likeness (QED) is 0.211. The zero-order chi connectivity index (χ0) is 12.2. The van der Waals surface area contributed by atoms with Crippen LogP contribution in [0.1, 0.15) is 32.6 Å². The van der Waals surface area contributed by atoms with Crippen LogP contribution >= 0.6 is 0 Å². The van der Waals surface area contributed by atoms with Crippen molar-refractivity contribution in [2.24, 2.45) is 10.9 Å². The first-order chi connectivity index (χ1) is 7.46. The molecular formula is C8H18N4O3S. The Morgan fingerprint density at radius 2 is 2.25 bits per heavy atom. The molecule has 1 unspecified atom stereocenters. The molecule has 8 heteroatoms. The van der Waals surface area contributed by atoms with Crippen LogP contribution in [-0.2, 0) is 10.2 Å². The molecule has 1 aliphatic rings. The van der Waals surface area contributed by atoms with Gasteiger partial charge in [0.25, 0.3) is 10.2 Å². The van der Waals surface area contributed by atoms with Crippen molar-refractivity contribution < 1.29 is 13.6 Å². The van der Waals surface area contributed by atoms with Gasteiger partial charge >= 0.3 is 0 Å². The Hall–Kier alpha value is -0.860. The van der Waals surface area contributed by atoms with Gasteiger partial charge in [-0.25, -0.2) is 0 Å². The third-order valence-corrected chi connectivity index (χ3v) is 3.59. The normalized spacial score (nSPS) is 19.7. The molecule has 0 saturated heterocycles. The summed E-state index contributed by atoms with van der Waals surface area (Å²) in [6, 6.07) is -0.286. The highest BCUT2D eigenvalue weighted by Gasteiger charge is 2.28. The number of oxime groups is 1. The second-order valence-corrected chi connectivity index (χ2v) is 5.39. The molecule has 0 aromatic carbocycles. The molecule has 0 aromatic heterocycles. The molecule has 0 bridgehead atoms. The fourth-order valence-electron chi connectivity index (χ4n) is 1.24. The van der Waals surface area contributed by atoms with Gasteiger partial charge in [-0.15, -0.1) is 0 Å². The van der Waals surface area contributed by atoms with E-state index in [1.165, 1.54) is 0 Å². The molecule has 0 amide bonds. The van der Waals surface area contributed by atoms with Crippen LogP contribution in [0.25, 0.3) is 0 Å². The third kappa shape index (κ3) is 4.77. The van der Waals surface area contributed by atoms with Crippen LogP contribution in [0.5, 0.6) is 0 Å². The Kier molecular flexibility index (Phi) is 4.51. The fraction of sp³-hybridized carbons (Fsp3) is 0.875. The number of hydrogen-bond acceptors (Lipinski definition) is 4. The molecule has 16 heavy (non-hydrogen) atoms. The summed E-state index contributed by atoms with van der Waals surface area (Å²) in [5.41, 5.74) is 5.33. The summed E-state index contributed by atoms with van der Waals surface area (Å²) in [6.07, 6.45) is 2.54. The van der Waals surface area contributed by atoms with Gasteiger partial charge in [-0.3, -0.25) is 0 Å². The van der Waals surface area contributed by atoms with E-state index in [2.05, 4.69) is 14.6 Å². The average molecular weight is 250 g/mol. The lowest BCUT2D eigenvalue weighted by atomic mass is 10.1. The number of rotatable bonds is 7. The van der Waals surface area contributed by atoms with Gasteiger partial charge < -0.3 is 10.9 Å². The lowest BCUT2D eigenvalue weighted by Crippen LogP contribution is -2.44. The summed E-state index contributed by atoms with van der Waals surface area (Å²) in [5.74, 6) is 0.0148. The van der Waals surface area contributed by atoms with Crippen molar-refractivity contribution in [1.29, 1.82) is 0 Å². The highest BCUT2D eigenvalue weighted by Crippen LogP contribution is 2.19.